The molecule has 0 saturated heterocycles. The van der Waals surface area contributed by atoms with Gasteiger partial charge in [-0.05, 0) is 6.42 Å². The van der Waals surface area contributed by atoms with Crippen LogP contribution in [0.5, 0.6) is 0 Å². The lowest BCUT2D eigenvalue weighted by Gasteiger charge is -2.12. The summed E-state index contributed by atoms with van der Waals surface area (Å²) < 4.78 is 0. The molecule has 0 aliphatic carbocycles. The summed E-state index contributed by atoms with van der Waals surface area (Å²) in [5.74, 6) is -0.862. The molecular formula is C11H13N3O2S2. The molecule has 0 amide bonds. The van der Waals surface area contributed by atoms with Crippen molar-refractivity contribution in [1.29, 1.82) is 0 Å². The Labute approximate surface area is 113 Å². The Morgan fingerprint density at radius 1 is 1.56 bits per heavy atom. The average molecular weight is 283 g/mol. The van der Waals surface area contributed by atoms with Gasteiger partial charge < -0.3 is 10.4 Å². The molecule has 0 fully saturated rings. The van der Waals surface area contributed by atoms with Crippen molar-refractivity contribution >= 4 is 33.8 Å². The summed E-state index contributed by atoms with van der Waals surface area (Å²) in [4.78, 5) is 19.1. The molecular weight excluding hydrogens is 270 g/mol. The number of aromatic nitrogens is 2. The van der Waals surface area contributed by atoms with Crippen molar-refractivity contribution in [1.82, 2.24) is 9.97 Å². The van der Waals surface area contributed by atoms with Crippen LogP contribution in [0.4, 0.5) is 5.13 Å². The van der Waals surface area contributed by atoms with Crippen LogP contribution in [0.15, 0.2) is 17.0 Å². The third-order valence-electron chi connectivity index (χ3n) is 2.34. The van der Waals surface area contributed by atoms with Crippen molar-refractivity contribution in [3.8, 4) is 0 Å². The van der Waals surface area contributed by atoms with Crippen LogP contribution >= 0.6 is 22.7 Å². The maximum Gasteiger partial charge on any atom is 0.309 e. The first-order valence-electron chi connectivity index (χ1n) is 5.51. The van der Waals surface area contributed by atoms with Gasteiger partial charge in [0.1, 0.15) is 5.01 Å². The van der Waals surface area contributed by atoms with E-state index in [2.05, 4.69) is 22.2 Å². The lowest BCUT2D eigenvalue weighted by molar-refractivity contribution is -0.136. The van der Waals surface area contributed by atoms with Gasteiger partial charge in [-0.25, -0.2) is 9.97 Å². The number of hydrogen-bond donors (Lipinski definition) is 2. The topological polar surface area (TPSA) is 75.1 Å². The number of thiazole rings is 2. The minimum absolute atomic E-state index is 0.0355. The number of carboxylic acids is 1. The van der Waals surface area contributed by atoms with Gasteiger partial charge in [-0.2, -0.15) is 0 Å². The maximum atomic E-state index is 10.6. The molecule has 0 spiro atoms. The van der Waals surface area contributed by atoms with E-state index in [9.17, 15) is 4.79 Å². The molecule has 2 aromatic heterocycles. The molecule has 0 saturated carbocycles. The molecule has 5 nitrogen and oxygen atoms in total. The number of carboxylic acid groups (broad SMARTS) is 1. The van der Waals surface area contributed by atoms with Crippen LogP contribution in [0.3, 0.4) is 0 Å². The van der Waals surface area contributed by atoms with E-state index in [4.69, 9.17) is 5.11 Å². The fraction of sp³-hybridized carbons (Fsp3) is 0.364. The lowest BCUT2D eigenvalue weighted by Crippen LogP contribution is -2.09. The highest BCUT2D eigenvalue weighted by molar-refractivity contribution is 7.13. The van der Waals surface area contributed by atoms with Gasteiger partial charge in [0.15, 0.2) is 5.13 Å². The number of anilines is 1. The molecule has 7 heteroatoms. The van der Waals surface area contributed by atoms with Gasteiger partial charge in [0.05, 0.1) is 18.2 Å². The third-order valence-corrected chi connectivity index (χ3v) is 4.05. The second kappa shape index (κ2) is 5.92. The molecule has 1 atom stereocenters. The number of carbonyl (C=O) groups is 1. The van der Waals surface area contributed by atoms with Gasteiger partial charge >= 0.3 is 5.97 Å². The summed E-state index contributed by atoms with van der Waals surface area (Å²) >= 11 is 3.03. The van der Waals surface area contributed by atoms with E-state index in [1.54, 1.807) is 22.9 Å². The number of hydrogen-bond acceptors (Lipinski definition) is 6. The van der Waals surface area contributed by atoms with Crippen LogP contribution in [0.25, 0.3) is 0 Å². The Kier molecular flexibility index (Phi) is 4.27. The number of aliphatic carboxylic acids is 1. The van der Waals surface area contributed by atoms with E-state index >= 15 is 0 Å². The predicted molar refractivity (Wildman–Crippen MR) is 72.2 cm³/mol. The fourth-order valence-electron chi connectivity index (χ4n) is 1.50. The largest absolute Gasteiger partial charge is 0.481 e. The third kappa shape index (κ3) is 3.27. The van der Waals surface area contributed by atoms with Crippen LogP contribution in [0.2, 0.25) is 0 Å². The maximum absolute atomic E-state index is 10.6. The molecule has 2 heterocycles. The molecule has 0 aliphatic heterocycles. The quantitative estimate of drug-likeness (QED) is 0.852. The molecule has 18 heavy (non-hydrogen) atoms. The van der Waals surface area contributed by atoms with Gasteiger partial charge in [-0.3, -0.25) is 4.79 Å². The van der Waals surface area contributed by atoms with Crippen LogP contribution in [0.1, 0.15) is 30.1 Å². The first-order valence-corrected chi connectivity index (χ1v) is 7.27. The fourth-order valence-corrected chi connectivity index (χ4v) is 3.04. The molecule has 2 N–H and O–H groups in total. The Morgan fingerprint density at radius 3 is 3.00 bits per heavy atom. The van der Waals surface area contributed by atoms with Crippen molar-refractivity contribution in [2.45, 2.75) is 25.8 Å². The van der Waals surface area contributed by atoms with Crippen molar-refractivity contribution in [2.24, 2.45) is 0 Å². The zero-order valence-corrected chi connectivity index (χ0v) is 11.4. The van der Waals surface area contributed by atoms with Crippen molar-refractivity contribution in [3.05, 3.63) is 27.7 Å². The van der Waals surface area contributed by atoms with Gasteiger partial charge in [0.25, 0.3) is 0 Å². The SMILES string of the molecule is CCC(Nc1nc(CC(=O)O)cs1)c1nccs1. The summed E-state index contributed by atoms with van der Waals surface area (Å²) in [5, 5.41) is 17.5. The molecule has 2 rings (SSSR count). The zero-order chi connectivity index (χ0) is 13.0. The number of nitrogens with zero attached hydrogens (tertiary/aromatic N) is 2. The zero-order valence-electron chi connectivity index (χ0n) is 9.79. The number of nitrogens with one attached hydrogen (secondary N) is 1. The standard InChI is InChI=1S/C11H13N3O2S2/c1-2-8(10-12-3-4-17-10)14-11-13-7(6-18-11)5-9(15)16/h3-4,6,8H,2,5H2,1H3,(H,13,14)(H,15,16). The average Bonchev–Trinajstić information content (AvgIpc) is 2.96. The molecule has 0 bridgehead atoms. The van der Waals surface area contributed by atoms with Crippen molar-refractivity contribution < 1.29 is 9.90 Å². The highest BCUT2D eigenvalue weighted by atomic mass is 32.1. The molecule has 96 valence electrons. The van der Waals surface area contributed by atoms with E-state index in [-0.39, 0.29) is 12.5 Å². The predicted octanol–water partition coefficient (Wildman–Crippen LogP) is 2.79. The van der Waals surface area contributed by atoms with Crippen LogP contribution < -0.4 is 5.32 Å². The highest BCUT2D eigenvalue weighted by Crippen LogP contribution is 2.26. The first-order chi connectivity index (χ1) is 8.69. The van der Waals surface area contributed by atoms with Gasteiger partial charge in [-0.1, -0.05) is 6.92 Å². The monoisotopic (exact) mass is 283 g/mol. The minimum Gasteiger partial charge on any atom is -0.481 e. The van der Waals surface area contributed by atoms with E-state index in [0.29, 0.717) is 5.69 Å². The summed E-state index contributed by atoms with van der Waals surface area (Å²) in [7, 11) is 0. The molecule has 1 unspecified atom stereocenters. The summed E-state index contributed by atoms with van der Waals surface area (Å²) in [5.41, 5.74) is 0.587. The Balaban J connectivity index is 2.04. The summed E-state index contributed by atoms with van der Waals surface area (Å²) in [6, 6.07) is 0.133. The minimum atomic E-state index is -0.862. The van der Waals surface area contributed by atoms with E-state index < -0.39 is 5.97 Å². The van der Waals surface area contributed by atoms with Crippen LogP contribution in [0, 0.1) is 0 Å². The normalized spacial score (nSPS) is 12.3. The summed E-state index contributed by atoms with van der Waals surface area (Å²) in [6.45, 7) is 2.07. The van der Waals surface area contributed by atoms with E-state index in [1.807, 2.05) is 5.38 Å². The van der Waals surface area contributed by atoms with Crippen molar-refractivity contribution in [3.63, 3.8) is 0 Å². The van der Waals surface area contributed by atoms with Gasteiger partial charge in [0, 0.05) is 17.0 Å². The Hall–Kier alpha value is -1.47. The van der Waals surface area contributed by atoms with Crippen LogP contribution in [-0.2, 0) is 11.2 Å². The number of rotatable bonds is 6. The molecule has 0 aromatic carbocycles. The van der Waals surface area contributed by atoms with E-state index in [0.717, 1.165) is 16.6 Å². The Morgan fingerprint density at radius 2 is 2.39 bits per heavy atom. The van der Waals surface area contributed by atoms with E-state index in [1.165, 1.54) is 11.3 Å². The van der Waals surface area contributed by atoms with Gasteiger partial charge in [-0.15, -0.1) is 22.7 Å². The molecule has 0 radical (unpaired) electrons. The molecule has 0 aliphatic rings. The highest BCUT2D eigenvalue weighted by Gasteiger charge is 2.14. The first kappa shape index (κ1) is 13.0. The molecule has 2 aromatic rings. The second-order valence-corrected chi connectivity index (χ2v) is 5.47. The second-order valence-electron chi connectivity index (χ2n) is 3.69. The van der Waals surface area contributed by atoms with Crippen molar-refractivity contribution in [2.75, 3.05) is 5.32 Å². The van der Waals surface area contributed by atoms with Crippen LogP contribution in [-0.4, -0.2) is 21.0 Å². The smallest absolute Gasteiger partial charge is 0.309 e. The van der Waals surface area contributed by atoms with Gasteiger partial charge in [0.2, 0.25) is 0 Å². The Bertz CT molecular complexity index is 510. The lowest BCUT2D eigenvalue weighted by atomic mass is 10.2. The summed E-state index contributed by atoms with van der Waals surface area (Å²) in [6.07, 6.45) is 2.65.